The number of aromatic nitrogens is 3. The van der Waals surface area contributed by atoms with Crippen LogP contribution in [-0.4, -0.2) is 32.1 Å². The van der Waals surface area contributed by atoms with Crippen LogP contribution in [0, 0.1) is 0 Å². The summed E-state index contributed by atoms with van der Waals surface area (Å²) >= 11 is 19.5. The fourth-order valence-corrected chi connectivity index (χ4v) is 4.36. The molecule has 1 heterocycles. The molecule has 0 unspecified atom stereocenters. The molecule has 4 aromatic rings. The van der Waals surface area contributed by atoms with Gasteiger partial charge in [0.05, 0.1) is 11.5 Å². The van der Waals surface area contributed by atoms with Crippen LogP contribution in [0.5, 0.6) is 0 Å². The van der Waals surface area contributed by atoms with Gasteiger partial charge in [0.1, 0.15) is 0 Å². The third kappa shape index (κ3) is 5.80. The first-order valence-corrected chi connectivity index (χ1v) is 12.2. The highest BCUT2D eigenvalue weighted by atomic mass is 35.5. The molecule has 34 heavy (non-hydrogen) atoms. The molecule has 1 aromatic heterocycles. The van der Waals surface area contributed by atoms with Crippen LogP contribution >= 0.6 is 46.6 Å². The standard InChI is InChI=1S/C24H18Cl3N5OS/c1-15(20-4-2-3-5-21(20)27)28-29-22(33)14-34-24-31-30-23(16-6-8-17(25)9-7-16)32(24)19-12-10-18(26)11-13-19/h2-13H,14H2,1H3,(H,29,33). The Hall–Kier alpha value is -2.84. The van der Waals surface area contributed by atoms with Gasteiger partial charge >= 0.3 is 0 Å². The molecule has 0 aliphatic carbocycles. The van der Waals surface area contributed by atoms with Gasteiger partial charge in [-0.3, -0.25) is 9.36 Å². The number of hydrazone groups is 1. The first-order chi connectivity index (χ1) is 16.4. The van der Waals surface area contributed by atoms with E-state index in [9.17, 15) is 4.79 Å². The van der Waals surface area contributed by atoms with E-state index in [1.165, 1.54) is 11.8 Å². The fourth-order valence-electron chi connectivity index (χ4n) is 3.10. The van der Waals surface area contributed by atoms with E-state index in [4.69, 9.17) is 34.8 Å². The van der Waals surface area contributed by atoms with Crippen LogP contribution < -0.4 is 5.43 Å². The summed E-state index contributed by atoms with van der Waals surface area (Å²) in [7, 11) is 0. The third-order valence-corrected chi connectivity index (χ3v) is 6.53. The fraction of sp³-hybridized carbons (Fsp3) is 0.0833. The predicted octanol–water partition coefficient (Wildman–Crippen LogP) is 6.53. The maximum atomic E-state index is 12.5. The zero-order valence-electron chi connectivity index (χ0n) is 17.9. The second kappa shape index (κ2) is 11.1. The lowest BCUT2D eigenvalue weighted by molar-refractivity contribution is -0.118. The summed E-state index contributed by atoms with van der Waals surface area (Å²) in [4.78, 5) is 12.5. The highest BCUT2D eigenvalue weighted by molar-refractivity contribution is 7.99. The van der Waals surface area contributed by atoms with E-state index < -0.39 is 0 Å². The van der Waals surface area contributed by atoms with Crippen molar-refractivity contribution >= 4 is 58.2 Å². The highest BCUT2D eigenvalue weighted by Gasteiger charge is 2.17. The number of rotatable bonds is 7. The van der Waals surface area contributed by atoms with Gasteiger partial charge in [0.15, 0.2) is 11.0 Å². The minimum absolute atomic E-state index is 0.0889. The molecule has 1 amide bonds. The molecule has 10 heteroatoms. The lowest BCUT2D eigenvalue weighted by Crippen LogP contribution is -2.21. The maximum absolute atomic E-state index is 12.5. The van der Waals surface area contributed by atoms with Gasteiger partial charge in [-0.25, -0.2) is 5.43 Å². The zero-order chi connectivity index (χ0) is 24.1. The molecule has 172 valence electrons. The van der Waals surface area contributed by atoms with Crippen molar-refractivity contribution in [3.8, 4) is 17.1 Å². The molecule has 4 rings (SSSR count). The summed E-state index contributed by atoms with van der Waals surface area (Å²) in [5, 5.41) is 15.2. The van der Waals surface area contributed by atoms with E-state index in [-0.39, 0.29) is 11.7 Å². The second-order valence-corrected chi connectivity index (χ2v) is 9.35. The van der Waals surface area contributed by atoms with E-state index in [1.807, 2.05) is 47.0 Å². The predicted molar refractivity (Wildman–Crippen MR) is 139 cm³/mol. The molecule has 0 fully saturated rings. The van der Waals surface area contributed by atoms with Crippen LogP contribution in [0.2, 0.25) is 15.1 Å². The summed E-state index contributed by atoms with van der Waals surface area (Å²) in [5.41, 5.74) is 5.59. The van der Waals surface area contributed by atoms with Crippen molar-refractivity contribution in [1.82, 2.24) is 20.2 Å². The summed E-state index contributed by atoms with van der Waals surface area (Å²) in [6, 6.07) is 21.9. The largest absolute Gasteiger partial charge is 0.272 e. The molecule has 0 radical (unpaired) electrons. The van der Waals surface area contributed by atoms with Crippen LogP contribution in [0.25, 0.3) is 17.1 Å². The molecule has 0 spiro atoms. The molecule has 3 aromatic carbocycles. The quantitative estimate of drug-likeness (QED) is 0.168. The van der Waals surface area contributed by atoms with Crippen molar-refractivity contribution in [2.24, 2.45) is 5.10 Å². The van der Waals surface area contributed by atoms with Crippen LogP contribution in [0.15, 0.2) is 83.1 Å². The average molecular weight is 531 g/mol. The molecule has 1 N–H and O–H groups in total. The number of amides is 1. The van der Waals surface area contributed by atoms with E-state index >= 15 is 0 Å². The van der Waals surface area contributed by atoms with Gasteiger partial charge in [0.2, 0.25) is 0 Å². The number of halogens is 3. The monoisotopic (exact) mass is 529 g/mol. The zero-order valence-corrected chi connectivity index (χ0v) is 21.0. The Morgan fingerprint density at radius 1 is 0.941 bits per heavy atom. The Balaban J connectivity index is 1.54. The minimum atomic E-state index is -0.282. The number of benzene rings is 3. The summed E-state index contributed by atoms with van der Waals surface area (Å²) in [5.74, 6) is 0.427. The van der Waals surface area contributed by atoms with Gasteiger partial charge in [0, 0.05) is 31.9 Å². The van der Waals surface area contributed by atoms with E-state index in [0.29, 0.717) is 31.8 Å². The van der Waals surface area contributed by atoms with Crippen LogP contribution in [0.4, 0.5) is 0 Å². The Bertz CT molecular complexity index is 1340. The van der Waals surface area contributed by atoms with Gasteiger partial charge in [-0.1, -0.05) is 64.8 Å². The molecule has 0 saturated carbocycles. The summed E-state index contributed by atoms with van der Waals surface area (Å²) in [6.45, 7) is 1.78. The molecular formula is C24H18Cl3N5OS. The van der Waals surface area contributed by atoms with Gasteiger partial charge < -0.3 is 0 Å². The Kier molecular flexibility index (Phi) is 7.90. The molecule has 0 saturated heterocycles. The maximum Gasteiger partial charge on any atom is 0.250 e. The summed E-state index contributed by atoms with van der Waals surface area (Å²) < 4.78 is 1.87. The van der Waals surface area contributed by atoms with Crippen molar-refractivity contribution in [3.05, 3.63) is 93.4 Å². The van der Waals surface area contributed by atoms with E-state index in [2.05, 4.69) is 20.7 Å². The van der Waals surface area contributed by atoms with Gasteiger partial charge in [-0.05, 0) is 61.5 Å². The lowest BCUT2D eigenvalue weighted by atomic mass is 10.1. The minimum Gasteiger partial charge on any atom is -0.272 e. The molecule has 0 aliphatic rings. The lowest BCUT2D eigenvalue weighted by Gasteiger charge is -2.10. The van der Waals surface area contributed by atoms with Crippen molar-refractivity contribution in [2.75, 3.05) is 5.75 Å². The van der Waals surface area contributed by atoms with Gasteiger partial charge in [0.25, 0.3) is 5.91 Å². The Labute approximate surface area is 215 Å². The highest BCUT2D eigenvalue weighted by Crippen LogP contribution is 2.29. The first kappa shape index (κ1) is 24.3. The normalized spacial score (nSPS) is 11.5. The van der Waals surface area contributed by atoms with Crippen molar-refractivity contribution in [1.29, 1.82) is 0 Å². The van der Waals surface area contributed by atoms with Crippen molar-refractivity contribution < 1.29 is 4.79 Å². The van der Waals surface area contributed by atoms with Gasteiger partial charge in [-0.2, -0.15) is 5.10 Å². The Morgan fingerprint density at radius 2 is 1.59 bits per heavy atom. The van der Waals surface area contributed by atoms with Crippen LogP contribution in [0.3, 0.4) is 0 Å². The molecule has 0 bridgehead atoms. The number of nitrogens with one attached hydrogen (secondary N) is 1. The van der Waals surface area contributed by atoms with Crippen molar-refractivity contribution in [2.45, 2.75) is 12.1 Å². The van der Waals surface area contributed by atoms with Gasteiger partial charge in [-0.15, -0.1) is 10.2 Å². The van der Waals surface area contributed by atoms with E-state index in [1.54, 1.807) is 37.3 Å². The molecule has 0 aliphatic heterocycles. The van der Waals surface area contributed by atoms with E-state index in [0.717, 1.165) is 16.8 Å². The van der Waals surface area contributed by atoms with Crippen LogP contribution in [0.1, 0.15) is 12.5 Å². The molecule has 0 atom stereocenters. The number of hydrogen-bond acceptors (Lipinski definition) is 5. The smallest absolute Gasteiger partial charge is 0.250 e. The van der Waals surface area contributed by atoms with Crippen LogP contribution in [-0.2, 0) is 4.79 Å². The SMILES string of the molecule is CC(=NNC(=O)CSc1nnc(-c2ccc(Cl)cc2)n1-c1ccc(Cl)cc1)c1ccccc1Cl. The number of nitrogens with zero attached hydrogens (tertiary/aromatic N) is 4. The van der Waals surface area contributed by atoms with Crippen molar-refractivity contribution in [3.63, 3.8) is 0 Å². The topological polar surface area (TPSA) is 72.2 Å². The number of carbonyl (C=O) groups is 1. The third-order valence-electron chi connectivity index (χ3n) is 4.76. The number of carbonyl (C=O) groups excluding carboxylic acids is 1. The number of thioether (sulfide) groups is 1. The average Bonchev–Trinajstić information content (AvgIpc) is 3.26. The Morgan fingerprint density at radius 3 is 2.26 bits per heavy atom. The number of hydrogen-bond donors (Lipinski definition) is 1. The second-order valence-electron chi connectivity index (χ2n) is 7.13. The molecule has 6 nitrogen and oxygen atoms in total. The first-order valence-electron chi connectivity index (χ1n) is 10.1. The molecular weight excluding hydrogens is 513 g/mol. The summed E-state index contributed by atoms with van der Waals surface area (Å²) in [6.07, 6.45) is 0.